The molecule has 0 spiro atoms. The summed E-state index contributed by atoms with van der Waals surface area (Å²) in [5.74, 6) is 0. The minimum absolute atomic E-state index is 0.0871. The van der Waals surface area contributed by atoms with Crippen molar-refractivity contribution < 1.29 is 8.42 Å². The van der Waals surface area contributed by atoms with Crippen molar-refractivity contribution in [3.63, 3.8) is 0 Å². The number of aryl methyl sites for hydroxylation is 2. The summed E-state index contributed by atoms with van der Waals surface area (Å²) in [6.07, 6.45) is 3.13. The number of nitrogens with zero attached hydrogens (tertiary/aromatic N) is 3. The Hall–Kier alpha value is -3.07. The lowest BCUT2D eigenvalue weighted by molar-refractivity contribution is 0.578. The Balaban J connectivity index is 1.86. The van der Waals surface area contributed by atoms with Crippen LogP contribution in [0.1, 0.15) is 45.6 Å². The molecule has 0 bridgehead atoms. The fraction of sp³-hybridized carbons (Fsp3) is 0.440. The van der Waals surface area contributed by atoms with E-state index in [9.17, 15) is 18.0 Å². The summed E-state index contributed by atoms with van der Waals surface area (Å²) in [6.45, 7) is 7.81. The Bertz CT molecular complexity index is 1460. The third-order valence-corrected chi connectivity index (χ3v) is 7.96. The first kappa shape index (κ1) is 24.1. The molecule has 8 nitrogen and oxygen atoms in total. The minimum atomic E-state index is -3.88. The fourth-order valence-corrected chi connectivity index (χ4v) is 5.49. The highest BCUT2D eigenvalue weighted by molar-refractivity contribution is 7.92. The van der Waals surface area contributed by atoms with Crippen molar-refractivity contribution in [1.82, 2.24) is 9.13 Å². The molecule has 3 aromatic rings. The first-order chi connectivity index (χ1) is 15.9. The SMILES string of the molecule is Cn1c(=O)c(=O)n(C)c2cc(N3CCCCC3)c(NS(=O)(=O)c3ccc(C(C)(C)C)cc3)cc21. The van der Waals surface area contributed by atoms with E-state index in [1.54, 1.807) is 25.2 Å². The van der Waals surface area contributed by atoms with Crippen molar-refractivity contribution in [3.05, 3.63) is 62.7 Å². The van der Waals surface area contributed by atoms with E-state index in [0.29, 0.717) is 22.4 Å². The van der Waals surface area contributed by atoms with Gasteiger partial charge in [-0.15, -0.1) is 0 Å². The third kappa shape index (κ3) is 4.36. The maximum absolute atomic E-state index is 13.4. The molecule has 4 rings (SSSR count). The number of anilines is 2. The molecule has 0 atom stereocenters. The second kappa shape index (κ2) is 8.61. The van der Waals surface area contributed by atoms with E-state index in [4.69, 9.17) is 0 Å². The molecule has 182 valence electrons. The second-order valence-corrected chi connectivity index (χ2v) is 11.7. The van der Waals surface area contributed by atoms with E-state index in [-0.39, 0.29) is 10.3 Å². The second-order valence-electron chi connectivity index (χ2n) is 10.0. The third-order valence-electron chi connectivity index (χ3n) is 6.58. The molecule has 2 heterocycles. The number of rotatable bonds is 4. The first-order valence-electron chi connectivity index (χ1n) is 11.5. The van der Waals surface area contributed by atoms with E-state index in [1.807, 2.05) is 18.2 Å². The summed E-state index contributed by atoms with van der Waals surface area (Å²) in [4.78, 5) is 27.1. The van der Waals surface area contributed by atoms with Gasteiger partial charge in [-0.1, -0.05) is 32.9 Å². The van der Waals surface area contributed by atoms with Gasteiger partial charge in [0.1, 0.15) is 0 Å². The van der Waals surface area contributed by atoms with Crippen molar-refractivity contribution in [2.45, 2.75) is 50.3 Å². The van der Waals surface area contributed by atoms with Crippen LogP contribution in [0.2, 0.25) is 0 Å². The van der Waals surface area contributed by atoms with Gasteiger partial charge in [0.05, 0.1) is 27.3 Å². The van der Waals surface area contributed by atoms with Crippen LogP contribution in [0.3, 0.4) is 0 Å². The molecule has 1 N–H and O–H groups in total. The van der Waals surface area contributed by atoms with Gasteiger partial charge in [-0.05, 0) is 54.5 Å². The Morgan fingerprint density at radius 2 is 1.35 bits per heavy atom. The molecule has 1 aromatic heterocycles. The minimum Gasteiger partial charge on any atom is -0.370 e. The fourth-order valence-electron chi connectivity index (χ4n) is 4.42. The molecule has 1 aliphatic heterocycles. The number of fused-ring (bicyclic) bond motifs is 1. The average molecular weight is 485 g/mol. The number of piperidine rings is 1. The van der Waals surface area contributed by atoms with Crippen LogP contribution in [0.4, 0.5) is 11.4 Å². The van der Waals surface area contributed by atoms with Crippen LogP contribution in [0.5, 0.6) is 0 Å². The van der Waals surface area contributed by atoms with Crippen LogP contribution in [0.25, 0.3) is 11.0 Å². The van der Waals surface area contributed by atoms with E-state index in [2.05, 4.69) is 30.4 Å². The lowest BCUT2D eigenvalue weighted by Crippen LogP contribution is -2.39. The van der Waals surface area contributed by atoms with Crippen molar-refractivity contribution >= 4 is 32.4 Å². The van der Waals surface area contributed by atoms with E-state index in [1.165, 1.54) is 16.2 Å². The number of aromatic nitrogens is 2. The summed E-state index contributed by atoms with van der Waals surface area (Å²) in [7, 11) is -0.793. The number of nitrogens with one attached hydrogen (secondary N) is 1. The summed E-state index contributed by atoms with van der Waals surface area (Å²) in [5, 5.41) is 0. The standard InChI is InChI=1S/C25H32N4O4S/c1-25(2,3)17-9-11-18(12-10-17)34(32,33)26-19-15-21-22(28(5)24(31)23(30)27(21)4)16-20(19)29-13-7-6-8-14-29/h9-12,15-16,26H,6-8,13-14H2,1-5H3. The molecule has 1 fully saturated rings. The van der Waals surface area contributed by atoms with Crippen LogP contribution in [-0.4, -0.2) is 30.6 Å². The molecule has 9 heteroatoms. The van der Waals surface area contributed by atoms with Gasteiger partial charge in [-0.3, -0.25) is 14.3 Å². The molecule has 0 unspecified atom stereocenters. The van der Waals surface area contributed by atoms with Crippen LogP contribution in [0, 0.1) is 0 Å². The monoisotopic (exact) mass is 484 g/mol. The smallest absolute Gasteiger partial charge is 0.316 e. The highest BCUT2D eigenvalue weighted by Crippen LogP contribution is 2.34. The maximum Gasteiger partial charge on any atom is 0.316 e. The molecule has 0 amide bonds. The van der Waals surface area contributed by atoms with Gasteiger partial charge >= 0.3 is 11.1 Å². The Labute approximate surface area is 199 Å². The van der Waals surface area contributed by atoms with Crippen LogP contribution < -0.4 is 20.7 Å². The number of hydrogen-bond donors (Lipinski definition) is 1. The molecule has 0 radical (unpaired) electrons. The zero-order valence-corrected chi connectivity index (χ0v) is 21.2. The largest absolute Gasteiger partial charge is 0.370 e. The number of hydrogen-bond acceptors (Lipinski definition) is 5. The summed E-state index contributed by atoms with van der Waals surface area (Å²) < 4.78 is 32.1. The predicted octanol–water partition coefficient (Wildman–Crippen LogP) is 3.33. The van der Waals surface area contributed by atoms with E-state index in [0.717, 1.165) is 37.9 Å². The van der Waals surface area contributed by atoms with Gasteiger partial charge in [0, 0.05) is 27.2 Å². The highest BCUT2D eigenvalue weighted by Gasteiger charge is 2.23. The van der Waals surface area contributed by atoms with Gasteiger partial charge in [0.15, 0.2) is 0 Å². The quantitative estimate of drug-likeness (QED) is 0.574. The normalized spacial score (nSPS) is 15.0. The van der Waals surface area contributed by atoms with Gasteiger partial charge in [-0.25, -0.2) is 8.42 Å². The van der Waals surface area contributed by atoms with Crippen LogP contribution in [-0.2, 0) is 29.5 Å². The first-order valence-corrected chi connectivity index (χ1v) is 13.0. The van der Waals surface area contributed by atoms with Gasteiger partial charge in [-0.2, -0.15) is 0 Å². The zero-order valence-electron chi connectivity index (χ0n) is 20.4. The predicted molar refractivity (Wildman–Crippen MR) is 136 cm³/mol. The van der Waals surface area contributed by atoms with Gasteiger partial charge in [0.25, 0.3) is 10.0 Å². The summed E-state index contributed by atoms with van der Waals surface area (Å²) in [6, 6.07) is 10.4. The topological polar surface area (TPSA) is 93.4 Å². The highest BCUT2D eigenvalue weighted by atomic mass is 32.2. The zero-order chi connectivity index (χ0) is 24.8. The van der Waals surface area contributed by atoms with Crippen molar-refractivity contribution in [2.24, 2.45) is 14.1 Å². The Kier molecular flexibility index (Phi) is 6.10. The van der Waals surface area contributed by atoms with Crippen molar-refractivity contribution in [3.8, 4) is 0 Å². The average Bonchev–Trinajstić information content (AvgIpc) is 2.81. The van der Waals surface area contributed by atoms with E-state index < -0.39 is 21.1 Å². The van der Waals surface area contributed by atoms with Gasteiger partial charge < -0.3 is 14.0 Å². The Morgan fingerprint density at radius 3 is 1.88 bits per heavy atom. The summed E-state index contributed by atoms with van der Waals surface area (Å²) in [5.41, 5.74) is 1.83. The molecule has 1 saturated heterocycles. The summed E-state index contributed by atoms with van der Waals surface area (Å²) >= 11 is 0. The van der Waals surface area contributed by atoms with Crippen LogP contribution in [0.15, 0.2) is 50.9 Å². The molecule has 0 saturated carbocycles. The molecular formula is C25H32N4O4S. The molecule has 2 aromatic carbocycles. The lowest BCUT2D eigenvalue weighted by atomic mass is 9.87. The van der Waals surface area contributed by atoms with Gasteiger partial charge in [0.2, 0.25) is 0 Å². The number of sulfonamides is 1. The maximum atomic E-state index is 13.4. The molecule has 1 aliphatic rings. The lowest BCUT2D eigenvalue weighted by Gasteiger charge is -2.31. The molecular weight excluding hydrogens is 452 g/mol. The molecule has 0 aliphatic carbocycles. The number of benzene rings is 2. The molecule has 34 heavy (non-hydrogen) atoms. The van der Waals surface area contributed by atoms with Crippen LogP contribution >= 0.6 is 0 Å². The van der Waals surface area contributed by atoms with E-state index >= 15 is 0 Å². The van der Waals surface area contributed by atoms with Crippen molar-refractivity contribution in [1.29, 1.82) is 0 Å². The van der Waals surface area contributed by atoms with Crippen molar-refractivity contribution in [2.75, 3.05) is 22.7 Å². The Morgan fingerprint density at radius 1 is 0.824 bits per heavy atom.